The first-order valence-corrected chi connectivity index (χ1v) is 5.68. The van der Waals surface area contributed by atoms with Gasteiger partial charge in [-0.3, -0.25) is 0 Å². The van der Waals surface area contributed by atoms with E-state index in [1.807, 2.05) is 28.8 Å². The van der Waals surface area contributed by atoms with Gasteiger partial charge in [0.15, 0.2) is 0 Å². The highest BCUT2D eigenvalue weighted by Gasteiger charge is 2.08. The van der Waals surface area contributed by atoms with Gasteiger partial charge in [0.25, 0.3) is 0 Å². The molecule has 0 radical (unpaired) electrons. The van der Waals surface area contributed by atoms with Crippen LogP contribution in [0.25, 0.3) is 11.0 Å². The van der Waals surface area contributed by atoms with Crippen LogP contribution in [-0.2, 0) is 13.0 Å². The van der Waals surface area contributed by atoms with Crippen molar-refractivity contribution in [2.24, 2.45) is 0 Å². The van der Waals surface area contributed by atoms with E-state index >= 15 is 0 Å². The largest absolute Gasteiger partial charge is 0.314 e. The second-order valence-corrected chi connectivity index (χ2v) is 3.86. The molecule has 0 saturated heterocycles. The van der Waals surface area contributed by atoms with Gasteiger partial charge in [-0.2, -0.15) is 5.26 Å². The summed E-state index contributed by atoms with van der Waals surface area (Å²) >= 11 is 0. The number of para-hydroxylation sites is 2. The Balaban J connectivity index is 2.46. The Morgan fingerprint density at radius 2 is 2.19 bits per heavy atom. The van der Waals surface area contributed by atoms with Gasteiger partial charge in [-0.05, 0) is 18.6 Å². The first kappa shape index (κ1) is 10.7. The second kappa shape index (κ2) is 4.80. The van der Waals surface area contributed by atoms with Gasteiger partial charge >= 0.3 is 0 Å². The molecule has 0 spiro atoms. The summed E-state index contributed by atoms with van der Waals surface area (Å²) in [7, 11) is 0. The van der Waals surface area contributed by atoms with Crippen LogP contribution in [0.15, 0.2) is 24.3 Å². The summed E-state index contributed by atoms with van der Waals surface area (Å²) < 4.78 is 2.02. The minimum absolute atomic E-state index is 0.388. The number of unbranched alkanes of at least 4 members (excludes halogenated alkanes) is 1. The fraction of sp³-hybridized carbons (Fsp3) is 0.385. The summed E-state index contributed by atoms with van der Waals surface area (Å²) in [6, 6.07) is 10.2. The third-order valence-electron chi connectivity index (χ3n) is 2.72. The van der Waals surface area contributed by atoms with Crippen LogP contribution in [0.5, 0.6) is 0 Å². The molecule has 3 nitrogen and oxygen atoms in total. The highest BCUT2D eigenvalue weighted by molar-refractivity contribution is 5.75. The van der Waals surface area contributed by atoms with Crippen molar-refractivity contribution in [2.45, 2.75) is 32.7 Å². The van der Waals surface area contributed by atoms with Gasteiger partial charge in [-0.1, -0.05) is 25.5 Å². The van der Waals surface area contributed by atoms with E-state index in [4.69, 9.17) is 5.26 Å². The van der Waals surface area contributed by atoms with E-state index in [2.05, 4.69) is 18.0 Å². The Hall–Kier alpha value is -1.82. The van der Waals surface area contributed by atoms with Gasteiger partial charge in [0.05, 0.1) is 17.1 Å². The number of hydrogen-bond donors (Lipinski definition) is 0. The maximum atomic E-state index is 8.85. The average molecular weight is 213 g/mol. The van der Waals surface area contributed by atoms with Crippen molar-refractivity contribution < 1.29 is 0 Å². The van der Waals surface area contributed by atoms with E-state index in [1.165, 1.54) is 0 Å². The summed E-state index contributed by atoms with van der Waals surface area (Å²) in [5.74, 6) is 1.03. The normalized spacial score (nSPS) is 10.5. The number of rotatable bonds is 4. The molecule has 0 fully saturated rings. The summed E-state index contributed by atoms with van der Waals surface area (Å²) in [5.41, 5.74) is 2.05. The van der Waals surface area contributed by atoms with Crippen LogP contribution in [0.2, 0.25) is 0 Å². The van der Waals surface area contributed by atoms with E-state index in [0.29, 0.717) is 6.54 Å². The van der Waals surface area contributed by atoms with Crippen molar-refractivity contribution in [1.82, 2.24) is 9.55 Å². The number of aromatic nitrogens is 2. The molecule has 0 aliphatic carbocycles. The molecule has 2 rings (SSSR count). The molecular weight excluding hydrogens is 198 g/mol. The highest BCUT2D eigenvalue weighted by atomic mass is 15.1. The monoisotopic (exact) mass is 213 g/mol. The van der Waals surface area contributed by atoms with Crippen LogP contribution in [0.1, 0.15) is 25.6 Å². The topological polar surface area (TPSA) is 41.6 Å². The molecule has 0 aliphatic heterocycles. The number of nitriles is 1. The summed E-state index contributed by atoms with van der Waals surface area (Å²) in [5, 5.41) is 8.85. The van der Waals surface area contributed by atoms with Crippen LogP contribution < -0.4 is 0 Å². The van der Waals surface area contributed by atoms with Gasteiger partial charge in [-0.25, -0.2) is 4.98 Å². The Labute approximate surface area is 95.3 Å². The number of hydrogen-bond acceptors (Lipinski definition) is 2. The molecule has 1 aromatic heterocycles. The Morgan fingerprint density at radius 3 is 2.94 bits per heavy atom. The highest BCUT2D eigenvalue weighted by Crippen LogP contribution is 2.17. The molecule has 82 valence electrons. The van der Waals surface area contributed by atoms with Gasteiger partial charge < -0.3 is 4.57 Å². The van der Waals surface area contributed by atoms with Crippen LogP contribution in [0, 0.1) is 11.3 Å². The molecule has 0 bridgehead atoms. The van der Waals surface area contributed by atoms with Gasteiger partial charge in [0, 0.05) is 6.42 Å². The van der Waals surface area contributed by atoms with Gasteiger partial charge in [0.1, 0.15) is 12.4 Å². The number of imidazole rings is 1. The van der Waals surface area contributed by atoms with E-state index in [1.54, 1.807) is 0 Å². The Morgan fingerprint density at radius 1 is 1.38 bits per heavy atom. The maximum absolute atomic E-state index is 8.85. The number of aryl methyl sites for hydroxylation is 1. The number of nitrogens with zero attached hydrogens (tertiary/aromatic N) is 3. The Kier molecular flexibility index (Phi) is 3.21. The van der Waals surface area contributed by atoms with Crippen LogP contribution in [0.4, 0.5) is 0 Å². The first-order chi connectivity index (χ1) is 7.86. The predicted octanol–water partition coefficient (Wildman–Crippen LogP) is 2.90. The molecule has 16 heavy (non-hydrogen) atoms. The standard InChI is InChI=1S/C13H15N3/c1-2-3-8-13-15-11-6-4-5-7-12(11)16(13)10-9-14/h4-7H,2-3,8,10H2,1H3. The third kappa shape index (κ3) is 1.92. The molecule has 1 heterocycles. The van der Waals surface area contributed by atoms with Crippen molar-refractivity contribution in [2.75, 3.05) is 0 Å². The molecule has 0 amide bonds. The molecule has 3 heteroatoms. The number of benzene rings is 1. The molecule has 0 aliphatic rings. The minimum Gasteiger partial charge on any atom is -0.314 e. The molecule has 0 N–H and O–H groups in total. The van der Waals surface area contributed by atoms with E-state index in [9.17, 15) is 0 Å². The zero-order valence-electron chi connectivity index (χ0n) is 9.48. The quantitative estimate of drug-likeness (QED) is 0.783. The van der Waals surface area contributed by atoms with Crippen LogP contribution >= 0.6 is 0 Å². The van der Waals surface area contributed by atoms with Crippen LogP contribution in [0.3, 0.4) is 0 Å². The SMILES string of the molecule is CCCCc1nc2ccccc2n1CC#N. The zero-order valence-corrected chi connectivity index (χ0v) is 9.48. The molecule has 0 unspecified atom stereocenters. The van der Waals surface area contributed by atoms with Crippen molar-refractivity contribution in [1.29, 1.82) is 5.26 Å². The lowest BCUT2D eigenvalue weighted by molar-refractivity contribution is 0.700. The fourth-order valence-corrected chi connectivity index (χ4v) is 1.90. The molecular formula is C13H15N3. The lowest BCUT2D eigenvalue weighted by Gasteiger charge is -2.03. The Bertz CT molecular complexity index is 519. The lowest BCUT2D eigenvalue weighted by atomic mass is 10.2. The lowest BCUT2D eigenvalue weighted by Crippen LogP contribution is -2.02. The summed E-state index contributed by atoms with van der Waals surface area (Å²) in [6.45, 7) is 2.55. The average Bonchev–Trinajstić information content (AvgIpc) is 2.66. The maximum Gasteiger partial charge on any atom is 0.111 e. The van der Waals surface area contributed by atoms with Crippen molar-refractivity contribution in [3.8, 4) is 6.07 Å². The molecule has 2 aromatic rings. The van der Waals surface area contributed by atoms with Gasteiger partial charge in [-0.15, -0.1) is 0 Å². The van der Waals surface area contributed by atoms with Crippen LogP contribution in [-0.4, -0.2) is 9.55 Å². The van der Waals surface area contributed by atoms with Crippen molar-refractivity contribution in [3.63, 3.8) is 0 Å². The molecule has 0 atom stereocenters. The zero-order chi connectivity index (χ0) is 11.4. The van der Waals surface area contributed by atoms with E-state index in [0.717, 1.165) is 36.1 Å². The van der Waals surface area contributed by atoms with E-state index in [-0.39, 0.29) is 0 Å². The molecule has 0 saturated carbocycles. The molecule has 1 aromatic carbocycles. The van der Waals surface area contributed by atoms with Gasteiger partial charge in [0.2, 0.25) is 0 Å². The van der Waals surface area contributed by atoms with Crippen molar-refractivity contribution in [3.05, 3.63) is 30.1 Å². The van der Waals surface area contributed by atoms with Crippen molar-refractivity contribution >= 4 is 11.0 Å². The summed E-state index contributed by atoms with van der Waals surface area (Å²) in [6.07, 6.45) is 3.22. The van der Waals surface area contributed by atoms with E-state index < -0.39 is 0 Å². The number of fused-ring (bicyclic) bond motifs is 1. The summed E-state index contributed by atoms with van der Waals surface area (Å²) in [4.78, 5) is 4.58. The minimum atomic E-state index is 0.388. The third-order valence-corrected chi connectivity index (χ3v) is 2.72. The first-order valence-electron chi connectivity index (χ1n) is 5.68. The second-order valence-electron chi connectivity index (χ2n) is 3.86. The smallest absolute Gasteiger partial charge is 0.111 e. The fourth-order valence-electron chi connectivity index (χ4n) is 1.90. The predicted molar refractivity (Wildman–Crippen MR) is 64.0 cm³/mol.